The standard InChI is InChI=1S/C11H12N2O3/c14-10(7-2-1-3-7)13-9-5-4-8(6-12-9)11(15)16/h4-7H,1-3H2,(H,15,16)(H,12,13,14). The van der Waals surface area contributed by atoms with Crippen molar-refractivity contribution in [2.45, 2.75) is 19.3 Å². The molecule has 0 unspecified atom stereocenters. The highest BCUT2D eigenvalue weighted by Crippen LogP contribution is 2.27. The number of carboxylic acid groups (broad SMARTS) is 1. The third kappa shape index (κ3) is 2.18. The van der Waals surface area contributed by atoms with E-state index in [0.29, 0.717) is 5.82 Å². The van der Waals surface area contributed by atoms with Crippen molar-refractivity contribution in [1.82, 2.24) is 4.98 Å². The highest BCUT2D eigenvalue weighted by molar-refractivity contribution is 5.92. The van der Waals surface area contributed by atoms with Crippen molar-refractivity contribution in [2.75, 3.05) is 5.32 Å². The number of nitrogens with one attached hydrogen (secondary N) is 1. The van der Waals surface area contributed by atoms with Crippen LogP contribution in [-0.4, -0.2) is 22.0 Å². The van der Waals surface area contributed by atoms with E-state index in [-0.39, 0.29) is 17.4 Å². The van der Waals surface area contributed by atoms with E-state index in [0.717, 1.165) is 19.3 Å². The van der Waals surface area contributed by atoms with E-state index in [1.54, 1.807) is 0 Å². The molecular weight excluding hydrogens is 208 g/mol. The van der Waals surface area contributed by atoms with E-state index in [2.05, 4.69) is 10.3 Å². The molecule has 0 bridgehead atoms. The number of carboxylic acids is 1. The first-order valence-electron chi connectivity index (χ1n) is 5.17. The van der Waals surface area contributed by atoms with Crippen LogP contribution in [0.3, 0.4) is 0 Å². The molecule has 16 heavy (non-hydrogen) atoms. The minimum atomic E-state index is -1.02. The normalized spacial score (nSPS) is 15.2. The predicted molar refractivity (Wildman–Crippen MR) is 57.2 cm³/mol. The number of carbonyl (C=O) groups excluding carboxylic acids is 1. The van der Waals surface area contributed by atoms with Crippen LogP contribution >= 0.6 is 0 Å². The van der Waals surface area contributed by atoms with Gasteiger partial charge in [-0.3, -0.25) is 4.79 Å². The molecule has 0 aromatic carbocycles. The number of rotatable bonds is 3. The summed E-state index contributed by atoms with van der Waals surface area (Å²) in [6.45, 7) is 0. The maximum Gasteiger partial charge on any atom is 0.337 e. The molecule has 5 heteroatoms. The highest BCUT2D eigenvalue weighted by atomic mass is 16.4. The van der Waals surface area contributed by atoms with Crippen LogP contribution in [0.1, 0.15) is 29.6 Å². The molecule has 1 aliphatic rings. The van der Waals surface area contributed by atoms with Crippen molar-refractivity contribution in [2.24, 2.45) is 5.92 Å². The van der Waals surface area contributed by atoms with Gasteiger partial charge in [0, 0.05) is 12.1 Å². The number of amides is 1. The van der Waals surface area contributed by atoms with Gasteiger partial charge in [-0.05, 0) is 25.0 Å². The van der Waals surface area contributed by atoms with Crippen LogP contribution in [0.25, 0.3) is 0 Å². The average Bonchev–Trinajstić information content (AvgIpc) is 2.15. The second-order valence-electron chi connectivity index (χ2n) is 3.85. The maximum absolute atomic E-state index is 11.5. The summed E-state index contributed by atoms with van der Waals surface area (Å²) in [5, 5.41) is 11.3. The Morgan fingerprint density at radius 2 is 2.12 bits per heavy atom. The summed E-state index contributed by atoms with van der Waals surface area (Å²) in [5.41, 5.74) is 0.113. The quantitative estimate of drug-likeness (QED) is 0.809. The number of hydrogen-bond acceptors (Lipinski definition) is 3. The van der Waals surface area contributed by atoms with E-state index in [1.807, 2.05) is 0 Å². The van der Waals surface area contributed by atoms with Gasteiger partial charge in [-0.15, -0.1) is 0 Å². The molecule has 1 fully saturated rings. The van der Waals surface area contributed by atoms with Gasteiger partial charge in [0.15, 0.2) is 0 Å². The van der Waals surface area contributed by atoms with E-state index in [9.17, 15) is 9.59 Å². The molecule has 1 aromatic heterocycles. The average molecular weight is 220 g/mol. The van der Waals surface area contributed by atoms with Crippen LogP contribution in [-0.2, 0) is 4.79 Å². The SMILES string of the molecule is O=C(O)c1ccc(NC(=O)C2CCC2)nc1. The fourth-order valence-corrected chi connectivity index (χ4v) is 1.49. The second kappa shape index (κ2) is 4.30. The molecule has 0 radical (unpaired) electrons. The molecule has 0 aliphatic heterocycles. The molecule has 0 spiro atoms. The fraction of sp³-hybridized carbons (Fsp3) is 0.364. The van der Waals surface area contributed by atoms with Crippen LogP contribution in [0.5, 0.6) is 0 Å². The second-order valence-corrected chi connectivity index (χ2v) is 3.85. The first-order chi connectivity index (χ1) is 7.66. The van der Waals surface area contributed by atoms with Crippen molar-refractivity contribution in [3.8, 4) is 0 Å². The van der Waals surface area contributed by atoms with Crippen LogP contribution in [0.15, 0.2) is 18.3 Å². The maximum atomic E-state index is 11.5. The zero-order valence-electron chi connectivity index (χ0n) is 8.64. The monoisotopic (exact) mass is 220 g/mol. The van der Waals surface area contributed by atoms with Gasteiger partial charge >= 0.3 is 5.97 Å². The Labute approximate surface area is 92.5 Å². The van der Waals surface area contributed by atoms with E-state index in [4.69, 9.17) is 5.11 Å². The minimum absolute atomic E-state index is 0.0261. The number of pyridine rings is 1. The summed E-state index contributed by atoms with van der Waals surface area (Å²) in [4.78, 5) is 26.0. The molecule has 5 nitrogen and oxygen atoms in total. The third-order valence-electron chi connectivity index (χ3n) is 2.74. The first kappa shape index (κ1) is 10.6. The van der Waals surface area contributed by atoms with Crippen LogP contribution in [0.2, 0.25) is 0 Å². The molecule has 1 aromatic rings. The molecule has 1 saturated carbocycles. The largest absolute Gasteiger partial charge is 0.478 e. The van der Waals surface area contributed by atoms with Gasteiger partial charge in [-0.1, -0.05) is 6.42 Å². The number of aromatic carboxylic acids is 1. The Morgan fingerprint density at radius 1 is 1.38 bits per heavy atom. The van der Waals surface area contributed by atoms with Gasteiger partial charge in [0.2, 0.25) is 5.91 Å². The summed E-state index contributed by atoms with van der Waals surface area (Å²) in [6.07, 6.45) is 4.19. The zero-order chi connectivity index (χ0) is 11.5. The van der Waals surface area contributed by atoms with Crippen LogP contribution in [0, 0.1) is 5.92 Å². The van der Waals surface area contributed by atoms with Crippen LogP contribution in [0.4, 0.5) is 5.82 Å². The lowest BCUT2D eigenvalue weighted by Crippen LogP contribution is -2.28. The molecule has 2 N–H and O–H groups in total. The van der Waals surface area contributed by atoms with Gasteiger partial charge in [-0.25, -0.2) is 9.78 Å². The lowest BCUT2D eigenvalue weighted by molar-refractivity contribution is -0.122. The van der Waals surface area contributed by atoms with Gasteiger partial charge in [0.1, 0.15) is 5.82 Å². The highest BCUT2D eigenvalue weighted by Gasteiger charge is 2.25. The zero-order valence-corrected chi connectivity index (χ0v) is 8.64. The van der Waals surface area contributed by atoms with Crippen molar-refractivity contribution >= 4 is 17.7 Å². The van der Waals surface area contributed by atoms with Gasteiger partial charge in [0.05, 0.1) is 5.56 Å². The summed E-state index contributed by atoms with van der Waals surface area (Å²) < 4.78 is 0. The number of anilines is 1. The first-order valence-corrected chi connectivity index (χ1v) is 5.17. The summed E-state index contributed by atoms with van der Waals surface area (Å²) >= 11 is 0. The number of nitrogens with zero attached hydrogens (tertiary/aromatic N) is 1. The lowest BCUT2D eigenvalue weighted by Gasteiger charge is -2.23. The third-order valence-corrected chi connectivity index (χ3v) is 2.74. The summed E-state index contributed by atoms with van der Waals surface area (Å²) in [7, 11) is 0. The van der Waals surface area contributed by atoms with Crippen LogP contribution < -0.4 is 5.32 Å². The lowest BCUT2D eigenvalue weighted by atomic mass is 9.85. The molecule has 2 rings (SSSR count). The molecule has 1 amide bonds. The topological polar surface area (TPSA) is 79.3 Å². The van der Waals surface area contributed by atoms with Gasteiger partial charge in [0.25, 0.3) is 0 Å². The smallest absolute Gasteiger partial charge is 0.337 e. The Morgan fingerprint density at radius 3 is 2.56 bits per heavy atom. The van der Waals surface area contributed by atoms with Crippen molar-refractivity contribution in [3.05, 3.63) is 23.9 Å². The Balaban J connectivity index is 1.99. The van der Waals surface area contributed by atoms with E-state index in [1.165, 1.54) is 18.3 Å². The Bertz CT molecular complexity index is 410. The number of carbonyl (C=O) groups is 2. The summed E-state index contributed by atoms with van der Waals surface area (Å²) in [5.74, 6) is -0.547. The van der Waals surface area contributed by atoms with Crippen molar-refractivity contribution in [1.29, 1.82) is 0 Å². The fourth-order valence-electron chi connectivity index (χ4n) is 1.49. The minimum Gasteiger partial charge on any atom is -0.478 e. The summed E-state index contributed by atoms with van der Waals surface area (Å²) in [6, 6.07) is 2.92. The molecule has 1 heterocycles. The molecular formula is C11H12N2O3. The molecule has 1 aliphatic carbocycles. The molecule has 84 valence electrons. The van der Waals surface area contributed by atoms with E-state index < -0.39 is 5.97 Å². The van der Waals surface area contributed by atoms with Crippen molar-refractivity contribution < 1.29 is 14.7 Å². The Hall–Kier alpha value is -1.91. The molecule has 0 saturated heterocycles. The number of aromatic nitrogens is 1. The molecule has 0 atom stereocenters. The predicted octanol–water partition coefficient (Wildman–Crippen LogP) is 1.52. The number of hydrogen-bond donors (Lipinski definition) is 2. The van der Waals surface area contributed by atoms with Gasteiger partial charge < -0.3 is 10.4 Å². The van der Waals surface area contributed by atoms with E-state index >= 15 is 0 Å². The van der Waals surface area contributed by atoms with Crippen molar-refractivity contribution in [3.63, 3.8) is 0 Å². The van der Waals surface area contributed by atoms with Gasteiger partial charge in [-0.2, -0.15) is 0 Å². The Kier molecular flexibility index (Phi) is 2.85.